The SMILES string of the molecule is Cc1cc(C2COC2)cnc1NC(=O)O. The van der Waals surface area contributed by atoms with E-state index in [-0.39, 0.29) is 0 Å². The molecule has 0 atom stereocenters. The molecule has 0 saturated carbocycles. The molecule has 1 aromatic rings. The highest BCUT2D eigenvalue weighted by Crippen LogP contribution is 2.25. The average molecular weight is 208 g/mol. The van der Waals surface area contributed by atoms with Crippen molar-refractivity contribution in [2.75, 3.05) is 18.5 Å². The third kappa shape index (κ3) is 2.07. The third-order valence-corrected chi connectivity index (χ3v) is 2.43. The van der Waals surface area contributed by atoms with Crippen LogP contribution in [0.3, 0.4) is 0 Å². The minimum Gasteiger partial charge on any atom is -0.465 e. The molecule has 15 heavy (non-hydrogen) atoms. The molecule has 0 aliphatic carbocycles. The van der Waals surface area contributed by atoms with E-state index in [0.717, 1.165) is 24.3 Å². The molecule has 0 bridgehead atoms. The number of anilines is 1. The van der Waals surface area contributed by atoms with E-state index < -0.39 is 6.09 Å². The second-order valence-corrected chi connectivity index (χ2v) is 3.60. The van der Waals surface area contributed by atoms with Crippen LogP contribution in [0.2, 0.25) is 0 Å². The zero-order valence-electron chi connectivity index (χ0n) is 8.36. The Morgan fingerprint density at radius 3 is 2.87 bits per heavy atom. The highest BCUT2D eigenvalue weighted by atomic mass is 16.5. The monoisotopic (exact) mass is 208 g/mol. The number of hydrogen-bond acceptors (Lipinski definition) is 3. The first-order valence-electron chi connectivity index (χ1n) is 4.71. The van der Waals surface area contributed by atoms with Crippen molar-refractivity contribution in [1.29, 1.82) is 0 Å². The number of nitrogens with one attached hydrogen (secondary N) is 1. The van der Waals surface area contributed by atoms with Crippen LogP contribution >= 0.6 is 0 Å². The third-order valence-electron chi connectivity index (χ3n) is 2.43. The van der Waals surface area contributed by atoms with Crippen molar-refractivity contribution in [2.45, 2.75) is 12.8 Å². The molecule has 1 aliphatic rings. The first-order chi connectivity index (χ1) is 7.16. The van der Waals surface area contributed by atoms with Gasteiger partial charge < -0.3 is 9.84 Å². The average Bonchev–Trinajstić information content (AvgIpc) is 2.06. The van der Waals surface area contributed by atoms with Gasteiger partial charge in [0.05, 0.1) is 13.2 Å². The first-order valence-corrected chi connectivity index (χ1v) is 4.71. The summed E-state index contributed by atoms with van der Waals surface area (Å²) in [7, 11) is 0. The van der Waals surface area contributed by atoms with Crippen LogP contribution in [0.5, 0.6) is 0 Å². The number of aryl methyl sites for hydroxylation is 1. The number of amides is 1. The number of carbonyl (C=O) groups is 1. The van der Waals surface area contributed by atoms with Gasteiger partial charge in [-0.25, -0.2) is 9.78 Å². The van der Waals surface area contributed by atoms with E-state index in [1.165, 1.54) is 0 Å². The van der Waals surface area contributed by atoms with E-state index in [2.05, 4.69) is 10.3 Å². The molecule has 2 heterocycles. The summed E-state index contributed by atoms with van der Waals surface area (Å²) >= 11 is 0. The minimum atomic E-state index is -1.09. The molecule has 5 nitrogen and oxygen atoms in total. The summed E-state index contributed by atoms with van der Waals surface area (Å²) in [5.41, 5.74) is 1.94. The summed E-state index contributed by atoms with van der Waals surface area (Å²) in [6.45, 7) is 3.29. The van der Waals surface area contributed by atoms with Crippen molar-refractivity contribution in [1.82, 2.24) is 4.98 Å². The summed E-state index contributed by atoms with van der Waals surface area (Å²) in [5, 5.41) is 10.8. The number of ether oxygens (including phenoxy) is 1. The van der Waals surface area contributed by atoms with Crippen LogP contribution < -0.4 is 5.32 Å². The van der Waals surface area contributed by atoms with Crippen LogP contribution in [0.15, 0.2) is 12.3 Å². The Kier molecular flexibility index (Phi) is 2.55. The molecule has 5 heteroatoms. The highest BCUT2D eigenvalue weighted by Gasteiger charge is 2.21. The van der Waals surface area contributed by atoms with Crippen molar-refractivity contribution >= 4 is 11.9 Å². The van der Waals surface area contributed by atoms with E-state index in [1.54, 1.807) is 6.20 Å². The summed E-state index contributed by atoms with van der Waals surface area (Å²) in [6, 6.07) is 1.95. The van der Waals surface area contributed by atoms with Crippen LogP contribution in [0.1, 0.15) is 17.0 Å². The Labute approximate surface area is 87.1 Å². The van der Waals surface area contributed by atoms with Crippen LogP contribution in [0.25, 0.3) is 0 Å². The van der Waals surface area contributed by atoms with Gasteiger partial charge in [-0.05, 0) is 18.1 Å². The van der Waals surface area contributed by atoms with E-state index in [4.69, 9.17) is 9.84 Å². The maximum Gasteiger partial charge on any atom is 0.410 e. The Hall–Kier alpha value is -1.62. The van der Waals surface area contributed by atoms with E-state index in [1.807, 2.05) is 13.0 Å². The largest absolute Gasteiger partial charge is 0.465 e. The number of aromatic nitrogens is 1. The lowest BCUT2D eigenvalue weighted by Gasteiger charge is -2.26. The maximum atomic E-state index is 10.4. The van der Waals surface area contributed by atoms with Crippen molar-refractivity contribution < 1.29 is 14.6 Å². The molecular weight excluding hydrogens is 196 g/mol. The maximum absolute atomic E-state index is 10.4. The molecule has 0 spiro atoms. The molecule has 1 aliphatic heterocycles. The van der Waals surface area contributed by atoms with E-state index in [0.29, 0.717) is 11.7 Å². The topological polar surface area (TPSA) is 71.5 Å². The van der Waals surface area contributed by atoms with Crippen molar-refractivity contribution in [3.05, 3.63) is 23.4 Å². The minimum absolute atomic E-state index is 0.395. The molecule has 0 radical (unpaired) electrons. The van der Waals surface area contributed by atoms with Gasteiger partial charge in [0, 0.05) is 12.1 Å². The number of pyridine rings is 1. The molecule has 1 amide bonds. The second-order valence-electron chi connectivity index (χ2n) is 3.60. The van der Waals surface area contributed by atoms with Crippen LogP contribution in [0, 0.1) is 6.92 Å². The summed E-state index contributed by atoms with van der Waals surface area (Å²) in [6.07, 6.45) is 0.608. The first kappa shape index (κ1) is 9.92. The van der Waals surface area contributed by atoms with Gasteiger partial charge in [0.25, 0.3) is 0 Å². The number of nitrogens with zero attached hydrogens (tertiary/aromatic N) is 1. The van der Waals surface area contributed by atoms with Gasteiger partial charge in [0.15, 0.2) is 0 Å². The molecular formula is C10H12N2O3. The second kappa shape index (κ2) is 3.86. The molecule has 1 aromatic heterocycles. The Morgan fingerprint density at radius 1 is 1.67 bits per heavy atom. The Balaban J connectivity index is 2.18. The fourth-order valence-electron chi connectivity index (χ4n) is 1.48. The van der Waals surface area contributed by atoms with Gasteiger partial charge in [-0.2, -0.15) is 0 Å². The molecule has 80 valence electrons. The standard InChI is InChI=1S/C10H12N2O3/c1-6-2-7(8-4-15-5-8)3-11-9(6)12-10(13)14/h2-3,8H,4-5H2,1H3,(H,11,12)(H,13,14). The molecule has 2 N–H and O–H groups in total. The van der Waals surface area contributed by atoms with Crippen LogP contribution in [-0.4, -0.2) is 29.4 Å². The van der Waals surface area contributed by atoms with Crippen molar-refractivity contribution in [3.8, 4) is 0 Å². The summed E-state index contributed by atoms with van der Waals surface area (Å²) < 4.78 is 5.09. The van der Waals surface area contributed by atoms with E-state index in [9.17, 15) is 4.79 Å². The predicted molar refractivity (Wildman–Crippen MR) is 54.2 cm³/mol. The van der Waals surface area contributed by atoms with Gasteiger partial charge in [-0.1, -0.05) is 6.07 Å². The predicted octanol–water partition coefficient (Wildman–Crippen LogP) is 1.59. The van der Waals surface area contributed by atoms with E-state index >= 15 is 0 Å². The summed E-state index contributed by atoms with van der Waals surface area (Å²) in [4.78, 5) is 14.5. The van der Waals surface area contributed by atoms with Crippen molar-refractivity contribution in [3.63, 3.8) is 0 Å². The quantitative estimate of drug-likeness (QED) is 0.774. The molecule has 1 fully saturated rings. The fraction of sp³-hybridized carbons (Fsp3) is 0.400. The summed E-state index contributed by atoms with van der Waals surface area (Å²) in [5.74, 6) is 0.807. The van der Waals surface area contributed by atoms with Gasteiger partial charge in [-0.3, -0.25) is 5.32 Å². The van der Waals surface area contributed by atoms with Gasteiger partial charge in [0.1, 0.15) is 5.82 Å². The van der Waals surface area contributed by atoms with Gasteiger partial charge >= 0.3 is 6.09 Å². The number of hydrogen-bond donors (Lipinski definition) is 2. The van der Waals surface area contributed by atoms with Gasteiger partial charge in [0.2, 0.25) is 0 Å². The zero-order valence-corrected chi connectivity index (χ0v) is 8.36. The smallest absolute Gasteiger partial charge is 0.410 e. The Morgan fingerprint density at radius 2 is 2.40 bits per heavy atom. The lowest BCUT2D eigenvalue weighted by Crippen LogP contribution is -2.25. The lowest BCUT2D eigenvalue weighted by atomic mass is 9.98. The van der Waals surface area contributed by atoms with Crippen LogP contribution in [0.4, 0.5) is 10.6 Å². The normalized spacial score (nSPS) is 15.8. The Bertz CT molecular complexity index is 388. The fourth-order valence-corrected chi connectivity index (χ4v) is 1.48. The zero-order chi connectivity index (χ0) is 10.8. The molecule has 0 aromatic carbocycles. The van der Waals surface area contributed by atoms with Crippen LogP contribution in [-0.2, 0) is 4.74 Å². The lowest BCUT2D eigenvalue weighted by molar-refractivity contribution is 0.00828. The number of rotatable bonds is 2. The molecule has 0 unspecified atom stereocenters. The highest BCUT2D eigenvalue weighted by molar-refractivity contribution is 5.82. The molecule has 1 saturated heterocycles. The van der Waals surface area contributed by atoms with Crippen molar-refractivity contribution in [2.24, 2.45) is 0 Å². The van der Waals surface area contributed by atoms with Gasteiger partial charge in [-0.15, -0.1) is 0 Å². The number of carboxylic acid groups (broad SMARTS) is 1. The molecule has 2 rings (SSSR count).